The van der Waals surface area contributed by atoms with Crippen LogP contribution >= 0.6 is 0 Å². The van der Waals surface area contributed by atoms with Crippen molar-refractivity contribution in [2.45, 2.75) is 32.2 Å². The van der Waals surface area contributed by atoms with Crippen LogP contribution in [0.1, 0.15) is 26.2 Å². The Labute approximate surface area is 56.9 Å². The normalized spacial score (nSPS) is 30.2. The molecule has 0 aromatic heterocycles. The maximum absolute atomic E-state index is 5.73. The molecule has 0 aromatic carbocycles. The number of hydrogen-bond acceptors (Lipinski definition) is 1. The summed E-state index contributed by atoms with van der Waals surface area (Å²) in [7, 11) is 0. The van der Waals surface area contributed by atoms with Crippen LogP contribution in [0.25, 0.3) is 0 Å². The first-order chi connectivity index (χ1) is 4.30. The predicted molar refractivity (Wildman–Crippen MR) is 40.1 cm³/mol. The van der Waals surface area contributed by atoms with Crippen molar-refractivity contribution in [2.75, 3.05) is 0 Å². The van der Waals surface area contributed by atoms with E-state index in [2.05, 4.69) is 19.1 Å². The SMILES string of the molecule is C[C@H](N)C1CC=CCC1. The first-order valence-electron chi connectivity index (χ1n) is 3.71. The van der Waals surface area contributed by atoms with Crippen LogP contribution in [0, 0.1) is 5.92 Å². The molecule has 0 aliphatic heterocycles. The minimum Gasteiger partial charge on any atom is -0.328 e. The van der Waals surface area contributed by atoms with Gasteiger partial charge in [-0.1, -0.05) is 12.2 Å². The van der Waals surface area contributed by atoms with Crippen molar-refractivity contribution in [1.82, 2.24) is 0 Å². The van der Waals surface area contributed by atoms with E-state index in [4.69, 9.17) is 5.73 Å². The highest BCUT2D eigenvalue weighted by Crippen LogP contribution is 2.19. The number of allylic oxidation sites excluding steroid dienone is 2. The number of nitrogens with two attached hydrogens (primary N) is 1. The van der Waals surface area contributed by atoms with Crippen LogP contribution < -0.4 is 5.73 Å². The van der Waals surface area contributed by atoms with Crippen LogP contribution in [-0.4, -0.2) is 6.04 Å². The molecule has 1 unspecified atom stereocenters. The van der Waals surface area contributed by atoms with Crippen molar-refractivity contribution in [1.29, 1.82) is 0 Å². The molecule has 1 aliphatic rings. The monoisotopic (exact) mass is 125 g/mol. The van der Waals surface area contributed by atoms with E-state index in [1.807, 2.05) is 0 Å². The molecule has 1 aliphatic carbocycles. The molecular weight excluding hydrogens is 110 g/mol. The lowest BCUT2D eigenvalue weighted by molar-refractivity contribution is 0.409. The summed E-state index contributed by atoms with van der Waals surface area (Å²) >= 11 is 0. The van der Waals surface area contributed by atoms with Gasteiger partial charge in [-0.25, -0.2) is 0 Å². The van der Waals surface area contributed by atoms with E-state index in [1.54, 1.807) is 0 Å². The van der Waals surface area contributed by atoms with E-state index < -0.39 is 0 Å². The summed E-state index contributed by atoms with van der Waals surface area (Å²) in [6, 6.07) is 0.384. The minimum absolute atomic E-state index is 0.384. The molecule has 0 heterocycles. The molecule has 0 bridgehead atoms. The van der Waals surface area contributed by atoms with E-state index in [1.165, 1.54) is 19.3 Å². The van der Waals surface area contributed by atoms with Gasteiger partial charge in [-0.3, -0.25) is 0 Å². The van der Waals surface area contributed by atoms with Gasteiger partial charge in [-0.05, 0) is 32.1 Å². The van der Waals surface area contributed by atoms with Crippen LogP contribution in [0.2, 0.25) is 0 Å². The second-order valence-corrected chi connectivity index (χ2v) is 2.90. The summed E-state index contributed by atoms with van der Waals surface area (Å²) in [5.74, 6) is 0.745. The molecule has 1 heteroatoms. The van der Waals surface area contributed by atoms with Gasteiger partial charge in [-0.15, -0.1) is 0 Å². The third-order valence-corrected chi connectivity index (χ3v) is 2.05. The molecular formula is C8H15N. The highest BCUT2D eigenvalue weighted by atomic mass is 14.6. The van der Waals surface area contributed by atoms with Gasteiger partial charge in [0.2, 0.25) is 0 Å². The van der Waals surface area contributed by atoms with Crippen LogP contribution in [-0.2, 0) is 0 Å². The van der Waals surface area contributed by atoms with Crippen LogP contribution in [0.5, 0.6) is 0 Å². The molecule has 52 valence electrons. The van der Waals surface area contributed by atoms with Crippen LogP contribution in [0.4, 0.5) is 0 Å². The fraction of sp³-hybridized carbons (Fsp3) is 0.750. The quantitative estimate of drug-likeness (QED) is 0.530. The van der Waals surface area contributed by atoms with Crippen molar-refractivity contribution in [3.8, 4) is 0 Å². The molecule has 2 atom stereocenters. The lowest BCUT2D eigenvalue weighted by Gasteiger charge is -2.20. The van der Waals surface area contributed by atoms with Crippen molar-refractivity contribution in [3.05, 3.63) is 12.2 Å². The summed E-state index contributed by atoms with van der Waals surface area (Å²) in [5.41, 5.74) is 5.73. The van der Waals surface area contributed by atoms with Gasteiger partial charge in [-0.2, -0.15) is 0 Å². The van der Waals surface area contributed by atoms with Gasteiger partial charge in [0.1, 0.15) is 0 Å². The average molecular weight is 125 g/mol. The Hall–Kier alpha value is -0.300. The lowest BCUT2D eigenvalue weighted by Crippen LogP contribution is -2.26. The fourth-order valence-corrected chi connectivity index (χ4v) is 1.29. The highest BCUT2D eigenvalue weighted by molar-refractivity contribution is 4.92. The molecule has 1 nitrogen and oxygen atoms in total. The molecule has 2 N–H and O–H groups in total. The molecule has 0 spiro atoms. The average Bonchev–Trinajstić information content (AvgIpc) is 1.90. The van der Waals surface area contributed by atoms with Crippen molar-refractivity contribution in [3.63, 3.8) is 0 Å². The molecule has 9 heavy (non-hydrogen) atoms. The highest BCUT2D eigenvalue weighted by Gasteiger charge is 2.12. The molecule has 0 aromatic rings. The van der Waals surface area contributed by atoms with Gasteiger partial charge in [0.05, 0.1) is 0 Å². The lowest BCUT2D eigenvalue weighted by atomic mass is 9.89. The van der Waals surface area contributed by atoms with E-state index in [9.17, 15) is 0 Å². The van der Waals surface area contributed by atoms with Crippen molar-refractivity contribution < 1.29 is 0 Å². The van der Waals surface area contributed by atoms with E-state index in [0.29, 0.717) is 6.04 Å². The topological polar surface area (TPSA) is 26.0 Å². The Morgan fingerprint density at radius 2 is 2.33 bits per heavy atom. The van der Waals surface area contributed by atoms with Crippen molar-refractivity contribution in [2.24, 2.45) is 11.7 Å². The van der Waals surface area contributed by atoms with Gasteiger partial charge in [0.15, 0.2) is 0 Å². The van der Waals surface area contributed by atoms with Gasteiger partial charge in [0.25, 0.3) is 0 Å². The molecule has 0 radical (unpaired) electrons. The van der Waals surface area contributed by atoms with E-state index in [-0.39, 0.29) is 0 Å². The summed E-state index contributed by atoms with van der Waals surface area (Å²) in [5, 5.41) is 0. The largest absolute Gasteiger partial charge is 0.328 e. The van der Waals surface area contributed by atoms with Crippen LogP contribution in [0.15, 0.2) is 12.2 Å². The summed E-state index contributed by atoms with van der Waals surface area (Å²) in [6.07, 6.45) is 8.20. The number of hydrogen-bond donors (Lipinski definition) is 1. The Bertz CT molecular complexity index is 105. The zero-order valence-electron chi connectivity index (χ0n) is 6.01. The third-order valence-electron chi connectivity index (χ3n) is 2.05. The van der Waals surface area contributed by atoms with Crippen LogP contribution in [0.3, 0.4) is 0 Å². The molecule has 1 rings (SSSR count). The molecule has 0 fully saturated rings. The Morgan fingerprint density at radius 3 is 2.67 bits per heavy atom. The molecule has 0 saturated heterocycles. The minimum atomic E-state index is 0.384. The Balaban J connectivity index is 2.35. The smallest absolute Gasteiger partial charge is 0.00418 e. The number of rotatable bonds is 1. The summed E-state index contributed by atoms with van der Waals surface area (Å²) in [4.78, 5) is 0. The zero-order valence-corrected chi connectivity index (χ0v) is 6.01. The maximum Gasteiger partial charge on any atom is 0.00418 e. The fourth-order valence-electron chi connectivity index (χ4n) is 1.29. The van der Waals surface area contributed by atoms with Gasteiger partial charge < -0.3 is 5.73 Å². The van der Waals surface area contributed by atoms with Gasteiger partial charge >= 0.3 is 0 Å². The zero-order chi connectivity index (χ0) is 6.69. The second-order valence-electron chi connectivity index (χ2n) is 2.90. The van der Waals surface area contributed by atoms with E-state index in [0.717, 1.165) is 5.92 Å². The molecule has 0 saturated carbocycles. The maximum atomic E-state index is 5.73. The first-order valence-corrected chi connectivity index (χ1v) is 3.71. The van der Waals surface area contributed by atoms with Crippen molar-refractivity contribution >= 4 is 0 Å². The third kappa shape index (κ3) is 1.83. The van der Waals surface area contributed by atoms with E-state index >= 15 is 0 Å². The van der Waals surface area contributed by atoms with Gasteiger partial charge in [0, 0.05) is 6.04 Å². The standard InChI is InChI=1S/C8H15N/c1-7(9)8-5-3-2-4-6-8/h2-3,7-8H,4-6,9H2,1H3/t7-,8?/m0/s1. The Kier molecular flexibility index (Phi) is 2.29. The first kappa shape index (κ1) is 6.81. The second kappa shape index (κ2) is 3.02. The summed E-state index contributed by atoms with van der Waals surface area (Å²) in [6.45, 7) is 2.10. The Morgan fingerprint density at radius 1 is 1.56 bits per heavy atom. The summed E-state index contributed by atoms with van der Waals surface area (Å²) < 4.78 is 0. The predicted octanol–water partition coefficient (Wildman–Crippen LogP) is 1.69. The molecule has 0 amide bonds.